The van der Waals surface area contributed by atoms with Crippen molar-refractivity contribution < 1.29 is 14.8 Å². The molecular weight excluding hydrogens is 238 g/mol. The largest absolute Gasteiger partial charge is 0.394 e. The molecule has 1 aromatic rings. The van der Waals surface area contributed by atoms with E-state index in [1.807, 2.05) is 6.92 Å². The van der Waals surface area contributed by atoms with Crippen molar-refractivity contribution in [2.75, 3.05) is 11.9 Å². The number of urea groups is 1. The molecule has 0 saturated heterocycles. The van der Waals surface area contributed by atoms with Gasteiger partial charge in [-0.05, 0) is 12.5 Å². The summed E-state index contributed by atoms with van der Waals surface area (Å²) in [5, 5.41) is 24.5. The molecule has 1 atom stereocenters. The quantitative estimate of drug-likeness (QED) is 0.546. The number of hydrogen-bond acceptors (Lipinski definition) is 4. The Morgan fingerprint density at radius 2 is 2.28 bits per heavy atom. The maximum Gasteiger partial charge on any atom is 0.319 e. The van der Waals surface area contributed by atoms with Crippen LogP contribution >= 0.6 is 0 Å². The SMILES string of the molecule is CC[C@H](CO)NC(=O)Nc1cccc([N+](=O)[O-])c1. The topological polar surface area (TPSA) is 104 Å². The van der Waals surface area contributed by atoms with Gasteiger partial charge >= 0.3 is 6.03 Å². The summed E-state index contributed by atoms with van der Waals surface area (Å²) < 4.78 is 0. The fourth-order valence-corrected chi connectivity index (χ4v) is 1.33. The maximum absolute atomic E-state index is 11.5. The van der Waals surface area contributed by atoms with Crippen LogP contribution in [0.3, 0.4) is 0 Å². The van der Waals surface area contributed by atoms with E-state index >= 15 is 0 Å². The highest BCUT2D eigenvalue weighted by molar-refractivity contribution is 5.89. The van der Waals surface area contributed by atoms with Gasteiger partial charge in [-0.1, -0.05) is 13.0 Å². The molecule has 0 radical (unpaired) electrons. The number of carbonyl (C=O) groups is 1. The molecule has 0 aliphatic rings. The number of nitro groups is 1. The van der Waals surface area contributed by atoms with Crippen LogP contribution in [0.25, 0.3) is 0 Å². The number of aliphatic hydroxyl groups excluding tert-OH is 1. The molecular formula is C11H15N3O4. The maximum atomic E-state index is 11.5. The number of hydrogen-bond donors (Lipinski definition) is 3. The molecule has 1 aromatic carbocycles. The Labute approximate surface area is 104 Å². The highest BCUT2D eigenvalue weighted by atomic mass is 16.6. The van der Waals surface area contributed by atoms with Gasteiger partial charge in [-0.25, -0.2) is 4.79 Å². The van der Waals surface area contributed by atoms with Crippen molar-refractivity contribution in [1.82, 2.24) is 5.32 Å². The summed E-state index contributed by atoms with van der Waals surface area (Å²) in [5.41, 5.74) is 0.233. The average molecular weight is 253 g/mol. The summed E-state index contributed by atoms with van der Waals surface area (Å²) in [6.45, 7) is 1.67. The van der Waals surface area contributed by atoms with Crippen LogP contribution in [0, 0.1) is 10.1 Å². The molecule has 3 N–H and O–H groups in total. The molecule has 7 heteroatoms. The number of nitro benzene ring substituents is 1. The minimum atomic E-state index is -0.536. The van der Waals surface area contributed by atoms with Gasteiger partial charge in [-0.3, -0.25) is 10.1 Å². The summed E-state index contributed by atoms with van der Waals surface area (Å²) in [6.07, 6.45) is 0.596. The second-order valence-corrected chi connectivity index (χ2v) is 3.69. The average Bonchev–Trinajstić information content (AvgIpc) is 2.36. The highest BCUT2D eigenvalue weighted by Gasteiger charge is 2.11. The Morgan fingerprint density at radius 1 is 1.56 bits per heavy atom. The minimum absolute atomic E-state index is 0.0954. The van der Waals surface area contributed by atoms with E-state index in [0.29, 0.717) is 12.1 Å². The number of anilines is 1. The molecule has 0 fully saturated rings. The van der Waals surface area contributed by atoms with E-state index < -0.39 is 11.0 Å². The number of carbonyl (C=O) groups excluding carboxylic acids is 1. The van der Waals surface area contributed by atoms with Gasteiger partial charge in [-0.2, -0.15) is 0 Å². The molecule has 18 heavy (non-hydrogen) atoms. The molecule has 0 heterocycles. The number of rotatable bonds is 5. The third-order valence-electron chi connectivity index (χ3n) is 2.36. The van der Waals surface area contributed by atoms with Crippen LogP contribution in [-0.4, -0.2) is 28.7 Å². The molecule has 0 unspecified atom stereocenters. The van der Waals surface area contributed by atoms with Crippen LogP contribution in [0.1, 0.15) is 13.3 Å². The first kappa shape index (κ1) is 13.9. The van der Waals surface area contributed by atoms with Gasteiger partial charge in [0.05, 0.1) is 17.6 Å². The summed E-state index contributed by atoms with van der Waals surface area (Å²) in [7, 11) is 0. The molecule has 0 aliphatic carbocycles. The lowest BCUT2D eigenvalue weighted by molar-refractivity contribution is -0.384. The van der Waals surface area contributed by atoms with E-state index in [-0.39, 0.29) is 18.3 Å². The van der Waals surface area contributed by atoms with Gasteiger partial charge in [0.15, 0.2) is 0 Å². The number of nitrogens with one attached hydrogen (secondary N) is 2. The van der Waals surface area contributed by atoms with E-state index in [1.54, 1.807) is 6.07 Å². The van der Waals surface area contributed by atoms with Crippen LogP contribution in [0.5, 0.6) is 0 Å². The highest BCUT2D eigenvalue weighted by Crippen LogP contribution is 2.16. The second kappa shape index (κ2) is 6.55. The predicted molar refractivity (Wildman–Crippen MR) is 66.4 cm³/mol. The lowest BCUT2D eigenvalue weighted by Gasteiger charge is -2.14. The van der Waals surface area contributed by atoms with E-state index in [2.05, 4.69) is 10.6 Å². The van der Waals surface area contributed by atoms with Crippen molar-refractivity contribution in [3.8, 4) is 0 Å². The third-order valence-corrected chi connectivity index (χ3v) is 2.36. The first-order valence-electron chi connectivity index (χ1n) is 5.49. The Hall–Kier alpha value is -2.15. The van der Waals surface area contributed by atoms with Crippen LogP contribution in [-0.2, 0) is 0 Å². The van der Waals surface area contributed by atoms with Crippen LogP contribution in [0.4, 0.5) is 16.2 Å². The molecule has 7 nitrogen and oxygen atoms in total. The van der Waals surface area contributed by atoms with Crippen molar-refractivity contribution >= 4 is 17.4 Å². The lowest BCUT2D eigenvalue weighted by atomic mass is 10.2. The van der Waals surface area contributed by atoms with Gasteiger partial charge in [0, 0.05) is 17.8 Å². The van der Waals surface area contributed by atoms with E-state index in [9.17, 15) is 14.9 Å². The number of aliphatic hydroxyl groups is 1. The molecule has 1 rings (SSSR count). The predicted octanol–water partition coefficient (Wildman–Crippen LogP) is 1.49. The van der Waals surface area contributed by atoms with Crippen LogP contribution in [0.2, 0.25) is 0 Å². The summed E-state index contributed by atoms with van der Waals surface area (Å²) in [6, 6.07) is 4.80. The van der Waals surface area contributed by atoms with Gasteiger partial charge < -0.3 is 15.7 Å². The first-order chi connectivity index (χ1) is 8.56. The van der Waals surface area contributed by atoms with Crippen molar-refractivity contribution in [1.29, 1.82) is 0 Å². The fourth-order valence-electron chi connectivity index (χ4n) is 1.33. The number of amides is 2. The summed E-state index contributed by atoms with van der Waals surface area (Å²) >= 11 is 0. The zero-order valence-corrected chi connectivity index (χ0v) is 9.92. The molecule has 2 amide bonds. The van der Waals surface area contributed by atoms with E-state index in [0.717, 1.165) is 0 Å². The smallest absolute Gasteiger partial charge is 0.319 e. The standard InChI is InChI=1S/C11H15N3O4/c1-2-8(7-15)12-11(16)13-9-4-3-5-10(6-9)14(17)18/h3-6,8,15H,2,7H2,1H3,(H2,12,13,16)/t8-/m1/s1. The molecule has 0 saturated carbocycles. The Kier molecular flexibility index (Phi) is 5.06. The van der Waals surface area contributed by atoms with Gasteiger partial charge in [-0.15, -0.1) is 0 Å². The zero-order valence-electron chi connectivity index (χ0n) is 9.92. The number of benzene rings is 1. The van der Waals surface area contributed by atoms with Crippen LogP contribution in [0.15, 0.2) is 24.3 Å². The van der Waals surface area contributed by atoms with E-state index in [4.69, 9.17) is 5.11 Å². The van der Waals surface area contributed by atoms with Crippen molar-refractivity contribution in [2.24, 2.45) is 0 Å². The van der Waals surface area contributed by atoms with Crippen molar-refractivity contribution in [3.05, 3.63) is 34.4 Å². The summed E-state index contributed by atoms with van der Waals surface area (Å²) in [4.78, 5) is 21.5. The second-order valence-electron chi connectivity index (χ2n) is 3.69. The number of nitrogens with zero attached hydrogens (tertiary/aromatic N) is 1. The Morgan fingerprint density at radius 3 is 2.83 bits per heavy atom. The lowest BCUT2D eigenvalue weighted by Crippen LogP contribution is -2.39. The molecule has 0 aromatic heterocycles. The Balaban J connectivity index is 2.64. The van der Waals surface area contributed by atoms with Crippen molar-refractivity contribution in [3.63, 3.8) is 0 Å². The minimum Gasteiger partial charge on any atom is -0.394 e. The van der Waals surface area contributed by atoms with E-state index in [1.165, 1.54) is 18.2 Å². The Bertz CT molecular complexity index is 432. The van der Waals surface area contributed by atoms with Gasteiger partial charge in [0.25, 0.3) is 5.69 Å². The normalized spacial score (nSPS) is 11.7. The van der Waals surface area contributed by atoms with Crippen LogP contribution < -0.4 is 10.6 Å². The zero-order chi connectivity index (χ0) is 13.5. The molecule has 98 valence electrons. The number of non-ortho nitro benzene ring substituents is 1. The molecule has 0 bridgehead atoms. The fraction of sp³-hybridized carbons (Fsp3) is 0.364. The van der Waals surface area contributed by atoms with Gasteiger partial charge in [0.2, 0.25) is 0 Å². The van der Waals surface area contributed by atoms with Gasteiger partial charge in [0.1, 0.15) is 0 Å². The third kappa shape index (κ3) is 4.02. The summed E-state index contributed by atoms with van der Waals surface area (Å²) in [5.74, 6) is 0. The molecule has 0 spiro atoms. The molecule has 0 aliphatic heterocycles. The first-order valence-corrected chi connectivity index (χ1v) is 5.49. The monoisotopic (exact) mass is 253 g/mol. The van der Waals surface area contributed by atoms with Crippen molar-refractivity contribution in [2.45, 2.75) is 19.4 Å².